The Balaban J connectivity index is 2.15. The van der Waals surface area contributed by atoms with Gasteiger partial charge in [-0.2, -0.15) is 0 Å². The van der Waals surface area contributed by atoms with Crippen LogP contribution in [0.15, 0.2) is 28.9 Å². The fraction of sp³-hybridized carbons (Fsp3) is 0.400. The molecule has 2 aromatic rings. The molecule has 2 rings (SSSR count). The van der Waals surface area contributed by atoms with E-state index >= 15 is 0 Å². The smallest absolute Gasteiger partial charge is 0.228 e. The molecule has 5 heteroatoms. The highest BCUT2D eigenvalue weighted by molar-refractivity contribution is 5.79. The number of carbonyl (C=O) groups excluding carboxylic acids is 1. The molecule has 1 amide bonds. The van der Waals surface area contributed by atoms with Crippen LogP contribution in [-0.2, 0) is 11.2 Å². The zero-order chi connectivity index (χ0) is 14.8. The van der Waals surface area contributed by atoms with Gasteiger partial charge in [-0.15, -0.1) is 0 Å². The van der Waals surface area contributed by atoms with Crippen molar-refractivity contribution >= 4 is 5.91 Å². The molecule has 0 fully saturated rings. The summed E-state index contributed by atoms with van der Waals surface area (Å²) >= 11 is 0. The topological polar surface area (TPSA) is 68.0 Å². The van der Waals surface area contributed by atoms with Crippen LogP contribution in [0.4, 0.5) is 0 Å². The number of hydrogen-bond donors (Lipinski definition) is 1. The van der Waals surface area contributed by atoms with Gasteiger partial charge in [0.15, 0.2) is 0 Å². The van der Waals surface area contributed by atoms with Crippen molar-refractivity contribution in [1.82, 2.24) is 15.3 Å². The number of hydrogen-bond acceptors (Lipinski definition) is 4. The van der Waals surface area contributed by atoms with Crippen LogP contribution in [0.2, 0.25) is 0 Å². The maximum atomic E-state index is 11.9. The maximum absolute atomic E-state index is 11.9. The molecule has 20 heavy (non-hydrogen) atoms. The Hall–Kier alpha value is -2.17. The van der Waals surface area contributed by atoms with Gasteiger partial charge in [-0.1, -0.05) is 0 Å². The molecule has 0 bridgehead atoms. The zero-order valence-electron chi connectivity index (χ0n) is 12.2. The number of aromatic nitrogens is 2. The van der Waals surface area contributed by atoms with E-state index in [-0.39, 0.29) is 17.9 Å². The first kappa shape index (κ1) is 14.2. The summed E-state index contributed by atoms with van der Waals surface area (Å²) in [5, 5.41) is 2.91. The summed E-state index contributed by atoms with van der Waals surface area (Å²) in [6, 6.07) is 3.69. The van der Waals surface area contributed by atoms with Crippen LogP contribution in [0.25, 0.3) is 11.5 Å². The maximum Gasteiger partial charge on any atom is 0.228 e. The van der Waals surface area contributed by atoms with E-state index in [1.165, 1.54) is 0 Å². The second-order valence-corrected chi connectivity index (χ2v) is 5.74. The Kier molecular flexibility index (Phi) is 3.88. The Morgan fingerprint density at radius 1 is 1.40 bits per heavy atom. The van der Waals surface area contributed by atoms with Gasteiger partial charge in [-0.25, -0.2) is 4.98 Å². The van der Waals surface area contributed by atoms with Crippen molar-refractivity contribution in [2.45, 2.75) is 39.7 Å². The van der Waals surface area contributed by atoms with E-state index in [0.717, 1.165) is 5.56 Å². The van der Waals surface area contributed by atoms with Crippen molar-refractivity contribution in [2.75, 3.05) is 0 Å². The van der Waals surface area contributed by atoms with Crippen LogP contribution >= 0.6 is 0 Å². The summed E-state index contributed by atoms with van der Waals surface area (Å²) in [4.78, 5) is 20.3. The Morgan fingerprint density at radius 3 is 2.75 bits per heavy atom. The Bertz CT molecular complexity index is 597. The average Bonchev–Trinajstić information content (AvgIpc) is 2.70. The Morgan fingerprint density at radius 2 is 2.15 bits per heavy atom. The van der Waals surface area contributed by atoms with Crippen LogP contribution in [0.3, 0.4) is 0 Å². The quantitative estimate of drug-likeness (QED) is 0.933. The molecule has 0 aromatic carbocycles. The summed E-state index contributed by atoms with van der Waals surface area (Å²) in [6.07, 6.45) is 3.59. The molecule has 5 nitrogen and oxygen atoms in total. The van der Waals surface area contributed by atoms with Crippen molar-refractivity contribution in [2.24, 2.45) is 0 Å². The lowest BCUT2D eigenvalue weighted by Gasteiger charge is -2.20. The summed E-state index contributed by atoms with van der Waals surface area (Å²) in [7, 11) is 0. The van der Waals surface area contributed by atoms with Crippen molar-refractivity contribution < 1.29 is 9.21 Å². The Labute approximate surface area is 118 Å². The number of oxazole rings is 1. The van der Waals surface area contributed by atoms with Gasteiger partial charge in [0.2, 0.25) is 11.8 Å². The lowest BCUT2D eigenvalue weighted by Crippen LogP contribution is -2.41. The molecule has 0 spiro atoms. The normalized spacial score (nSPS) is 11.4. The first-order chi connectivity index (χ1) is 9.35. The number of nitrogens with zero attached hydrogens (tertiary/aromatic N) is 2. The molecule has 2 heterocycles. The number of amides is 1. The van der Waals surface area contributed by atoms with Crippen molar-refractivity contribution in [3.8, 4) is 11.5 Å². The molecule has 0 saturated heterocycles. The number of carbonyl (C=O) groups is 1. The van der Waals surface area contributed by atoms with Gasteiger partial charge in [-0.3, -0.25) is 9.78 Å². The van der Waals surface area contributed by atoms with Crippen LogP contribution in [0.1, 0.15) is 32.2 Å². The molecule has 0 unspecified atom stereocenters. The lowest BCUT2D eigenvalue weighted by atomic mass is 10.1. The fourth-order valence-corrected chi connectivity index (χ4v) is 1.82. The molecule has 0 radical (unpaired) electrons. The highest BCUT2D eigenvalue weighted by atomic mass is 16.4. The third-order valence-corrected chi connectivity index (χ3v) is 2.64. The van der Waals surface area contributed by atoms with Gasteiger partial charge < -0.3 is 9.73 Å². The summed E-state index contributed by atoms with van der Waals surface area (Å²) in [5.74, 6) is 1.09. The van der Waals surface area contributed by atoms with Crippen LogP contribution in [0, 0.1) is 6.92 Å². The van der Waals surface area contributed by atoms with Gasteiger partial charge in [0.05, 0.1) is 17.7 Å². The van der Waals surface area contributed by atoms with Crippen molar-refractivity contribution in [1.29, 1.82) is 0 Å². The molecule has 1 N–H and O–H groups in total. The standard InChI is InChI=1S/C15H19N3O2/c1-10-12(8-13(19)18-15(2,3)4)17-14(20-10)11-6-5-7-16-9-11/h5-7,9H,8H2,1-4H3,(H,18,19). The number of aryl methyl sites for hydroxylation is 1. The molecule has 0 aliphatic rings. The van der Waals surface area contributed by atoms with E-state index in [9.17, 15) is 4.79 Å². The molecular weight excluding hydrogens is 254 g/mol. The highest BCUT2D eigenvalue weighted by Crippen LogP contribution is 2.21. The summed E-state index contributed by atoms with van der Waals surface area (Å²) in [5.41, 5.74) is 1.21. The van der Waals surface area contributed by atoms with E-state index in [4.69, 9.17) is 4.42 Å². The van der Waals surface area contributed by atoms with E-state index in [2.05, 4.69) is 15.3 Å². The average molecular weight is 273 g/mol. The number of nitrogens with one attached hydrogen (secondary N) is 1. The van der Waals surface area contributed by atoms with E-state index in [0.29, 0.717) is 17.3 Å². The predicted octanol–water partition coefficient (Wildman–Crippen LogP) is 2.50. The van der Waals surface area contributed by atoms with Crippen LogP contribution < -0.4 is 5.32 Å². The van der Waals surface area contributed by atoms with Crippen molar-refractivity contribution in [3.63, 3.8) is 0 Å². The second kappa shape index (κ2) is 5.45. The molecule has 0 atom stereocenters. The first-order valence-corrected chi connectivity index (χ1v) is 6.53. The monoisotopic (exact) mass is 273 g/mol. The van der Waals surface area contributed by atoms with Crippen LogP contribution in [0.5, 0.6) is 0 Å². The van der Waals surface area contributed by atoms with Gasteiger partial charge in [-0.05, 0) is 39.8 Å². The van der Waals surface area contributed by atoms with E-state index < -0.39 is 0 Å². The minimum absolute atomic E-state index is 0.0633. The lowest BCUT2D eigenvalue weighted by molar-refractivity contribution is -0.121. The SMILES string of the molecule is Cc1oc(-c2cccnc2)nc1CC(=O)NC(C)(C)C. The van der Waals surface area contributed by atoms with E-state index in [1.54, 1.807) is 12.4 Å². The summed E-state index contributed by atoms with van der Waals surface area (Å²) < 4.78 is 5.60. The number of rotatable bonds is 3. The van der Waals surface area contributed by atoms with Crippen molar-refractivity contribution in [3.05, 3.63) is 36.0 Å². The third kappa shape index (κ3) is 3.66. The predicted molar refractivity (Wildman–Crippen MR) is 76.1 cm³/mol. The molecule has 106 valence electrons. The van der Waals surface area contributed by atoms with Gasteiger partial charge in [0.1, 0.15) is 5.76 Å². The largest absolute Gasteiger partial charge is 0.441 e. The van der Waals surface area contributed by atoms with E-state index in [1.807, 2.05) is 39.8 Å². The molecule has 0 aliphatic heterocycles. The molecule has 0 aliphatic carbocycles. The minimum Gasteiger partial charge on any atom is -0.441 e. The second-order valence-electron chi connectivity index (χ2n) is 5.74. The fourth-order valence-electron chi connectivity index (χ4n) is 1.82. The third-order valence-electron chi connectivity index (χ3n) is 2.64. The van der Waals surface area contributed by atoms with Crippen LogP contribution in [-0.4, -0.2) is 21.4 Å². The molecule has 0 saturated carbocycles. The minimum atomic E-state index is -0.249. The highest BCUT2D eigenvalue weighted by Gasteiger charge is 2.18. The molecular formula is C15H19N3O2. The molecule has 2 aromatic heterocycles. The van der Waals surface area contributed by atoms with Gasteiger partial charge in [0.25, 0.3) is 0 Å². The first-order valence-electron chi connectivity index (χ1n) is 6.53. The van der Waals surface area contributed by atoms with Gasteiger partial charge in [0, 0.05) is 17.9 Å². The number of pyridine rings is 1. The summed E-state index contributed by atoms with van der Waals surface area (Å²) in [6.45, 7) is 7.65. The van der Waals surface area contributed by atoms with Gasteiger partial charge >= 0.3 is 0 Å². The zero-order valence-corrected chi connectivity index (χ0v) is 12.2.